The Labute approximate surface area is 388 Å². The summed E-state index contributed by atoms with van der Waals surface area (Å²) in [6.45, 7) is 24.4. The molecule has 65 heavy (non-hydrogen) atoms. The van der Waals surface area contributed by atoms with Crippen molar-refractivity contribution in [2.75, 3.05) is 132 Å². The Kier molecular flexibility index (Phi) is 24.1. The van der Waals surface area contributed by atoms with Crippen LogP contribution in [0.1, 0.15) is 81.1 Å². The maximum Gasteiger partial charge on any atom is 0.407 e. The number of rotatable bonds is 36. The molecule has 0 radical (unpaired) electrons. The molecule has 4 aliphatic heterocycles. The van der Waals surface area contributed by atoms with E-state index in [4.69, 9.17) is 37.9 Å². The average Bonchev–Trinajstić information content (AvgIpc) is 4.10. The van der Waals surface area contributed by atoms with E-state index >= 15 is 0 Å². The third kappa shape index (κ3) is 22.4. The standard InChI is InChI=1S/C45H84N8O12/c1-33(50-25-37(50)5)9-13-46-41(54)62-21-17-58-29-45(30-59-18-22-63-42(55)47-14-10-34(2)51-26-38(51)6,31-60-19-23-64-43(56)48-15-11-35(3)52-27-39(52)7)32-61-20-24-65-44(57)49-16-12-36(4)53-28-40(53)8/h33-40H,9-32H2,1-8H3,(H,46,54)(H,47,55)(H,48,56)(H,49,57). The topological polar surface area (TPSA) is 202 Å². The third-order valence-electron chi connectivity index (χ3n) is 12.7. The quantitative estimate of drug-likeness (QED) is 0.0406. The van der Waals surface area contributed by atoms with Gasteiger partial charge in [-0.3, -0.25) is 19.6 Å². The second-order valence-corrected chi connectivity index (χ2v) is 18.7. The van der Waals surface area contributed by atoms with Crippen LogP contribution in [0.2, 0.25) is 0 Å². The summed E-state index contributed by atoms with van der Waals surface area (Å²) in [7, 11) is 0. The van der Waals surface area contributed by atoms with Gasteiger partial charge >= 0.3 is 24.4 Å². The Morgan fingerprint density at radius 3 is 0.800 bits per heavy atom. The fraction of sp³-hybridized carbons (Fsp3) is 0.911. The molecule has 20 nitrogen and oxygen atoms in total. The lowest BCUT2D eigenvalue weighted by Crippen LogP contribution is -2.43. The number of ether oxygens (including phenoxy) is 8. The molecule has 0 aliphatic carbocycles. The molecule has 4 fully saturated rings. The summed E-state index contributed by atoms with van der Waals surface area (Å²) >= 11 is 0. The number of nitrogens with zero attached hydrogens (tertiary/aromatic N) is 4. The zero-order chi connectivity index (χ0) is 47.2. The van der Waals surface area contributed by atoms with Crippen LogP contribution in [0, 0.1) is 5.41 Å². The van der Waals surface area contributed by atoms with Crippen LogP contribution < -0.4 is 21.3 Å². The Morgan fingerprint density at radius 1 is 0.415 bits per heavy atom. The van der Waals surface area contributed by atoms with Gasteiger partial charge in [0.15, 0.2) is 0 Å². The van der Waals surface area contributed by atoms with Crippen molar-refractivity contribution in [3.8, 4) is 0 Å². The first kappa shape index (κ1) is 54.4. The predicted octanol–water partition coefficient (Wildman–Crippen LogP) is 2.87. The molecule has 0 aromatic rings. The predicted molar refractivity (Wildman–Crippen MR) is 244 cm³/mol. The van der Waals surface area contributed by atoms with Crippen LogP contribution >= 0.6 is 0 Å². The number of nitrogens with one attached hydrogen (secondary N) is 4. The van der Waals surface area contributed by atoms with Gasteiger partial charge in [-0.05, 0) is 81.1 Å². The monoisotopic (exact) mass is 929 g/mol. The zero-order valence-corrected chi connectivity index (χ0v) is 40.8. The van der Waals surface area contributed by atoms with Crippen molar-refractivity contribution in [3.05, 3.63) is 0 Å². The molecule has 0 aromatic heterocycles. The van der Waals surface area contributed by atoms with Crippen LogP contribution in [0.5, 0.6) is 0 Å². The van der Waals surface area contributed by atoms with Crippen LogP contribution in [0.15, 0.2) is 0 Å². The number of alkyl carbamates (subject to hydrolysis) is 4. The van der Waals surface area contributed by atoms with Crippen LogP contribution in [-0.4, -0.2) is 224 Å². The minimum atomic E-state index is -0.914. The molecule has 4 aliphatic rings. The van der Waals surface area contributed by atoms with Gasteiger partial charge in [0.1, 0.15) is 26.4 Å². The molecular weight excluding hydrogens is 845 g/mol. The van der Waals surface area contributed by atoms with Gasteiger partial charge in [0.25, 0.3) is 0 Å². The molecule has 4 rings (SSSR count). The first-order valence-electron chi connectivity index (χ1n) is 24.1. The largest absolute Gasteiger partial charge is 0.447 e. The highest BCUT2D eigenvalue weighted by Gasteiger charge is 2.36. The van der Waals surface area contributed by atoms with Gasteiger partial charge in [-0.1, -0.05) is 0 Å². The van der Waals surface area contributed by atoms with Crippen molar-refractivity contribution in [1.29, 1.82) is 0 Å². The summed E-state index contributed by atoms with van der Waals surface area (Å²) in [5, 5.41) is 11.2. The lowest BCUT2D eigenvalue weighted by atomic mass is 9.92. The molecule has 4 heterocycles. The highest BCUT2D eigenvalue weighted by molar-refractivity contribution is 5.68. The molecule has 0 bridgehead atoms. The number of hydrogen-bond acceptors (Lipinski definition) is 16. The number of carbonyl (C=O) groups is 4. The summed E-state index contributed by atoms with van der Waals surface area (Å²) in [6, 6.07) is 3.93. The highest BCUT2D eigenvalue weighted by Crippen LogP contribution is 2.25. The van der Waals surface area contributed by atoms with E-state index in [1.165, 1.54) is 0 Å². The van der Waals surface area contributed by atoms with E-state index in [1.54, 1.807) is 0 Å². The SMILES string of the molecule is CC(CCNC(=O)OCCOCC(COCCOC(=O)NCCC(C)N1CC1C)(COCCOC(=O)NCCC(C)N1CC1C)COCCOC(=O)NCCC(C)N1CC1C)N1CC1C. The summed E-state index contributed by atoms with van der Waals surface area (Å²) < 4.78 is 45.7. The summed E-state index contributed by atoms with van der Waals surface area (Å²) in [6.07, 6.45) is 1.24. The van der Waals surface area contributed by atoms with Crippen molar-refractivity contribution in [2.24, 2.45) is 5.41 Å². The molecule has 20 heteroatoms. The van der Waals surface area contributed by atoms with E-state index in [2.05, 4.69) is 96.3 Å². The minimum absolute atomic E-state index is 0.0134. The first-order chi connectivity index (χ1) is 31.2. The van der Waals surface area contributed by atoms with Gasteiger partial charge in [-0.25, -0.2) is 19.2 Å². The molecule has 12 atom stereocenters. The molecule has 376 valence electrons. The fourth-order valence-corrected chi connectivity index (χ4v) is 8.07. The molecule has 4 saturated heterocycles. The Bertz CT molecular complexity index is 1210. The Hall–Kier alpha value is -3.24. The average molecular weight is 929 g/mol. The minimum Gasteiger partial charge on any atom is -0.447 e. The highest BCUT2D eigenvalue weighted by atomic mass is 16.6. The zero-order valence-electron chi connectivity index (χ0n) is 40.8. The fourth-order valence-electron chi connectivity index (χ4n) is 8.07. The van der Waals surface area contributed by atoms with Gasteiger partial charge in [0.05, 0.1) is 58.3 Å². The maximum atomic E-state index is 12.4. The molecule has 4 N–H and O–H groups in total. The van der Waals surface area contributed by atoms with E-state index in [1.807, 2.05) is 0 Å². The van der Waals surface area contributed by atoms with Gasteiger partial charge in [-0.2, -0.15) is 0 Å². The van der Waals surface area contributed by atoms with Crippen molar-refractivity contribution in [3.63, 3.8) is 0 Å². The lowest BCUT2D eigenvalue weighted by molar-refractivity contribution is -0.116. The van der Waals surface area contributed by atoms with Crippen molar-refractivity contribution in [2.45, 2.75) is 129 Å². The van der Waals surface area contributed by atoms with Crippen molar-refractivity contribution in [1.82, 2.24) is 40.9 Å². The molecular formula is C45H84N8O12. The second-order valence-electron chi connectivity index (χ2n) is 18.7. The van der Waals surface area contributed by atoms with Gasteiger partial charge in [0, 0.05) is 101 Å². The Morgan fingerprint density at radius 2 is 0.615 bits per heavy atom. The number of carbonyl (C=O) groups excluding carboxylic acids is 4. The molecule has 0 spiro atoms. The lowest BCUT2D eigenvalue weighted by Gasteiger charge is -2.33. The van der Waals surface area contributed by atoms with Crippen molar-refractivity contribution < 1.29 is 57.1 Å². The van der Waals surface area contributed by atoms with Gasteiger partial charge in [0.2, 0.25) is 0 Å². The number of amides is 4. The van der Waals surface area contributed by atoms with E-state index in [9.17, 15) is 19.2 Å². The normalized spacial score (nSPS) is 26.6. The smallest absolute Gasteiger partial charge is 0.407 e. The van der Waals surface area contributed by atoms with E-state index < -0.39 is 29.8 Å². The van der Waals surface area contributed by atoms with E-state index in [0.29, 0.717) is 74.5 Å². The first-order valence-corrected chi connectivity index (χ1v) is 24.1. The summed E-state index contributed by atoms with van der Waals surface area (Å²) in [5.41, 5.74) is -0.914. The van der Waals surface area contributed by atoms with E-state index in [0.717, 1.165) is 51.9 Å². The summed E-state index contributed by atoms with van der Waals surface area (Å²) in [5.74, 6) is 0. The van der Waals surface area contributed by atoms with Gasteiger partial charge < -0.3 is 59.2 Å². The molecule has 4 amide bonds. The Balaban J connectivity index is 1.24. The molecule has 0 aromatic carbocycles. The molecule has 0 saturated carbocycles. The number of hydrogen-bond donors (Lipinski definition) is 4. The van der Waals surface area contributed by atoms with E-state index in [-0.39, 0.29) is 79.3 Å². The second kappa shape index (κ2) is 28.8. The third-order valence-corrected chi connectivity index (χ3v) is 12.7. The van der Waals surface area contributed by atoms with Crippen molar-refractivity contribution >= 4 is 24.4 Å². The van der Waals surface area contributed by atoms with Crippen LogP contribution in [0.4, 0.5) is 19.2 Å². The van der Waals surface area contributed by atoms with Crippen LogP contribution in [-0.2, 0) is 37.9 Å². The molecule has 12 unspecified atom stereocenters. The van der Waals surface area contributed by atoms with Gasteiger partial charge in [-0.15, -0.1) is 0 Å². The maximum absolute atomic E-state index is 12.4. The van der Waals surface area contributed by atoms with Crippen LogP contribution in [0.25, 0.3) is 0 Å². The summed E-state index contributed by atoms with van der Waals surface area (Å²) in [4.78, 5) is 59.0. The van der Waals surface area contributed by atoms with Crippen LogP contribution in [0.3, 0.4) is 0 Å².